The van der Waals surface area contributed by atoms with Crippen LogP contribution in [0.3, 0.4) is 0 Å². The molecule has 2 heterocycles. The first-order valence-electron chi connectivity index (χ1n) is 8.89. The number of carbonyl (C=O) groups excluding carboxylic acids is 2. The van der Waals surface area contributed by atoms with Gasteiger partial charge in [0.2, 0.25) is 0 Å². The van der Waals surface area contributed by atoms with E-state index >= 15 is 0 Å². The van der Waals surface area contributed by atoms with Crippen LogP contribution in [0.15, 0.2) is 35.1 Å². The lowest BCUT2D eigenvalue weighted by atomic mass is 10.00. The molecular weight excluding hydrogens is 332 g/mol. The monoisotopic (exact) mass is 356 g/mol. The van der Waals surface area contributed by atoms with Gasteiger partial charge in [0.15, 0.2) is 0 Å². The third kappa shape index (κ3) is 3.07. The molecule has 0 saturated heterocycles. The number of hydrogen-bond acceptors (Lipinski definition) is 4. The lowest BCUT2D eigenvalue weighted by Crippen LogP contribution is -2.53. The fraction of sp³-hybridized carbons (Fsp3) is 0.400. The van der Waals surface area contributed by atoms with E-state index in [1.54, 1.807) is 22.8 Å². The Morgan fingerprint density at radius 1 is 1.19 bits per heavy atom. The zero-order chi connectivity index (χ0) is 18.8. The van der Waals surface area contributed by atoms with Gasteiger partial charge in [0.05, 0.1) is 35.9 Å². The fourth-order valence-electron chi connectivity index (χ4n) is 3.27. The molecule has 1 atom stereocenters. The predicted molar refractivity (Wildman–Crippen MR) is 99.9 cm³/mol. The standard InChI is InChI=1S/C20H24N2O4/c1-5-16-11-21(19(23)15-7-8-25-12-15)17-9-13(3)14(4)10-18(17)22(16)20(24)26-6-2/h7-10,12,16H,5-6,11H2,1-4H3. The van der Waals surface area contributed by atoms with Crippen LogP contribution >= 0.6 is 0 Å². The first-order valence-corrected chi connectivity index (χ1v) is 8.89. The molecule has 6 heteroatoms. The van der Waals surface area contributed by atoms with Gasteiger partial charge < -0.3 is 14.1 Å². The molecule has 1 aliphatic heterocycles. The number of carbonyl (C=O) groups is 2. The first-order chi connectivity index (χ1) is 12.5. The number of anilines is 2. The number of amides is 2. The molecule has 0 bridgehead atoms. The number of rotatable bonds is 3. The Balaban J connectivity index is 2.12. The zero-order valence-corrected chi connectivity index (χ0v) is 15.6. The molecule has 1 aromatic heterocycles. The summed E-state index contributed by atoms with van der Waals surface area (Å²) >= 11 is 0. The molecule has 1 unspecified atom stereocenters. The topological polar surface area (TPSA) is 63.0 Å². The quantitative estimate of drug-likeness (QED) is 0.823. The molecule has 2 aromatic rings. The number of hydrogen-bond donors (Lipinski definition) is 0. The number of furan rings is 1. The molecular formula is C20H24N2O4. The summed E-state index contributed by atoms with van der Waals surface area (Å²) in [7, 11) is 0. The Morgan fingerprint density at radius 3 is 2.46 bits per heavy atom. The SMILES string of the molecule is CCOC(=O)N1c2cc(C)c(C)cc2N(C(=O)c2ccoc2)CC1CC. The average molecular weight is 356 g/mol. The molecule has 138 valence electrons. The van der Waals surface area contributed by atoms with E-state index in [-0.39, 0.29) is 18.0 Å². The van der Waals surface area contributed by atoms with Crippen LogP contribution in [0, 0.1) is 13.8 Å². The van der Waals surface area contributed by atoms with E-state index < -0.39 is 0 Å². The van der Waals surface area contributed by atoms with E-state index in [2.05, 4.69) is 0 Å². The van der Waals surface area contributed by atoms with Crippen LogP contribution in [-0.4, -0.2) is 31.2 Å². The maximum absolute atomic E-state index is 13.0. The van der Waals surface area contributed by atoms with E-state index in [0.29, 0.717) is 30.8 Å². The summed E-state index contributed by atoms with van der Waals surface area (Å²) in [5.41, 5.74) is 4.05. The van der Waals surface area contributed by atoms with E-state index in [9.17, 15) is 9.59 Å². The molecule has 0 fully saturated rings. The van der Waals surface area contributed by atoms with Crippen molar-refractivity contribution in [1.29, 1.82) is 0 Å². The highest BCUT2D eigenvalue weighted by atomic mass is 16.6. The third-order valence-corrected chi connectivity index (χ3v) is 4.85. The maximum atomic E-state index is 13.0. The summed E-state index contributed by atoms with van der Waals surface area (Å²) in [4.78, 5) is 29.0. The highest BCUT2D eigenvalue weighted by molar-refractivity contribution is 6.10. The molecule has 0 radical (unpaired) electrons. The lowest BCUT2D eigenvalue weighted by molar-refractivity contribution is 0.0981. The van der Waals surface area contributed by atoms with Crippen molar-refractivity contribution in [3.63, 3.8) is 0 Å². The van der Waals surface area contributed by atoms with Gasteiger partial charge in [-0.25, -0.2) is 4.79 Å². The van der Waals surface area contributed by atoms with Gasteiger partial charge in [0.1, 0.15) is 6.26 Å². The van der Waals surface area contributed by atoms with E-state index in [1.807, 2.05) is 32.9 Å². The van der Waals surface area contributed by atoms with Crippen LogP contribution in [-0.2, 0) is 4.74 Å². The van der Waals surface area contributed by atoms with Crippen molar-refractivity contribution in [2.24, 2.45) is 0 Å². The second kappa shape index (κ2) is 7.23. The Morgan fingerprint density at radius 2 is 1.88 bits per heavy atom. The average Bonchev–Trinajstić information content (AvgIpc) is 3.15. The smallest absolute Gasteiger partial charge is 0.414 e. The van der Waals surface area contributed by atoms with Crippen molar-refractivity contribution in [3.8, 4) is 0 Å². The third-order valence-electron chi connectivity index (χ3n) is 4.85. The predicted octanol–water partition coefficient (Wildman–Crippen LogP) is 4.30. The first kappa shape index (κ1) is 18.0. The molecule has 0 spiro atoms. The molecule has 0 N–H and O–H groups in total. The van der Waals surface area contributed by atoms with Crippen molar-refractivity contribution in [2.45, 2.75) is 40.2 Å². The largest absolute Gasteiger partial charge is 0.472 e. The van der Waals surface area contributed by atoms with E-state index in [0.717, 1.165) is 16.8 Å². The molecule has 2 amide bonds. The molecule has 1 aromatic carbocycles. The summed E-state index contributed by atoms with van der Waals surface area (Å²) < 4.78 is 10.3. The van der Waals surface area contributed by atoms with Crippen molar-refractivity contribution in [1.82, 2.24) is 0 Å². The van der Waals surface area contributed by atoms with Gasteiger partial charge in [0.25, 0.3) is 5.91 Å². The van der Waals surface area contributed by atoms with E-state index in [1.165, 1.54) is 12.5 Å². The van der Waals surface area contributed by atoms with Gasteiger partial charge in [-0.05, 0) is 56.5 Å². The van der Waals surface area contributed by atoms with E-state index in [4.69, 9.17) is 9.15 Å². The molecule has 0 saturated carbocycles. The summed E-state index contributed by atoms with van der Waals surface area (Å²) in [5.74, 6) is -0.134. The Hall–Kier alpha value is -2.76. The summed E-state index contributed by atoms with van der Waals surface area (Å²) in [6.07, 6.45) is 3.27. The second-order valence-electron chi connectivity index (χ2n) is 6.48. The van der Waals surface area contributed by atoms with Crippen LogP contribution in [0.1, 0.15) is 41.8 Å². The van der Waals surface area contributed by atoms with Gasteiger partial charge >= 0.3 is 6.09 Å². The number of aryl methyl sites for hydroxylation is 2. The molecule has 3 rings (SSSR count). The molecule has 26 heavy (non-hydrogen) atoms. The normalized spacial score (nSPS) is 16.4. The Labute approximate surface area is 153 Å². The summed E-state index contributed by atoms with van der Waals surface area (Å²) in [6, 6.07) is 5.42. The minimum absolute atomic E-state index is 0.134. The van der Waals surface area contributed by atoms with Gasteiger partial charge in [-0.1, -0.05) is 6.92 Å². The van der Waals surface area contributed by atoms with Crippen molar-refractivity contribution < 1.29 is 18.7 Å². The molecule has 6 nitrogen and oxygen atoms in total. The number of fused-ring (bicyclic) bond motifs is 1. The fourth-order valence-corrected chi connectivity index (χ4v) is 3.27. The number of benzene rings is 1. The minimum atomic E-state index is -0.376. The Bertz CT molecular complexity index is 813. The lowest BCUT2D eigenvalue weighted by Gasteiger charge is -2.42. The summed E-state index contributed by atoms with van der Waals surface area (Å²) in [5, 5.41) is 0. The van der Waals surface area contributed by atoms with Gasteiger partial charge in [-0.15, -0.1) is 0 Å². The zero-order valence-electron chi connectivity index (χ0n) is 15.6. The number of nitrogens with zero attached hydrogens (tertiary/aromatic N) is 2. The van der Waals surface area contributed by atoms with Crippen LogP contribution in [0.5, 0.6) is 0 Å². The number of ether oxygens (including phenoxy) is 1. The van der Waals surface area contributed by atoms with Gasteiger partial charge in [0, 0.05) is 6.54 Å². The Kier molecular flexibility index (Phi) is 5.02. The highest BCUT2D eigenvalue weighted by Gasteiger charge is 2.37. The van der Waals surface area contributed by atoms with Crippen LogP contribution in [0.2, 0.25) is 0 Å². The van der Waals surface area contributed by atoms with Crippen molar-refractivity contribution in [2.75, 3.05) is 23.0 Å². The van der Waals surface area contributed by atoms with Crippen LogP contribution < -0.4 is 9.80 Å². The van der Waals surface area contributed by atoms with Gasteiger partial charge in [-0.3, -0.25) is 9.69 Å². The second-order valence-corrected chi connectivity index (χ2v) is 6.48. The van der Waals surface area contributed by atoms with Crippen molar-refractivity contribution in [3.05, 3.63) is 47.4 Å². The summed E-state index contributed by atoms with van der Waals surface area (Å²) in [6.45, 7) is 8.51. The molecule has 1 aliphatic rings. The maximum Gasteiger partial charge on any atom is 0.414 e. The minimum Gasteiger partial charge on any atom is -0.472 e. The van der Waals surface area contributed by atoms with Gasteiger partial charge in [-0.2, -0.15) is 0 Å². The van der Waals surface area contributed by atoms with Crippen molar-refractivity contribution >= 4 is 23.4 Å². The molecule has 0 aliphatic carbocycles. The van der Waals surface area contributed by atoms with Crippen LogP contribution in [0.4, 0.5) is 16.2 Å². The highest BCUT2D eigenvalue weighted by Crippen LogP contribution is 2.39. The van der Waals surface area contributed by atoms with Crippen LogP contribution in [0.25, 0.3) is 0 Å².